The van der Waals surface area contributed by atoms with Gasteiger partial charge in [0.05, 0.1) is 6.10 Å². The van der Waals surface area contributed by atoms with Crippen molar-refractivity contribution in [2.24, 2.45) is 0 Å². The zero-order valence-electron chi connectivity index (χ0n) is 10.5. The molecular formula is C14H10BrClF3NO. The SMILES string of the molecule is OC(Cc1cccc(Br)c1)c1ccc(C(F)(F)F)nc1Cl. The molecule has 1 aromatic carbocycles. The lowest BCUT2D eigenvalue weighted by molar-refractivity contribution is -0.141. The third-order valence-electron chi connectivity index (χ3n) is 2.85. The van der Waals surface area contributed by atoms with Crippen molar-refractivity contribution < 1.29 is 18.3 Å². The summed E-state index contributed by atoms with van der Waals surface area (Å²) in [6.45, 7) is 0. The number of benzene rings is 1. The van der Waals surface area contributed by atoms with Crippen molar-refractivity contribution in [2.75, 3.05) is 0 Å². The van der Waals surface area contributed by atoms with E-state index in [1.807, 2.05) is 12.1 Å². The molecule has 21 heavy (non-hydrogen) atoms. The van der Waals surface area contributed by atoms with Gasteiger partial charge in [-0.1, -0.05) is 45.7 Å². The second kappa shape index (κ2) is 6.34. The minimum atomic E-state index is -4.56. The van der Waals surface area contributed by atoms with Gasteiger partial charge in [0.25, 0.3) is 0 Å². The number of aliphatic hydroxyl groups is 1. The van der Waals surface area contributed by atoms with E-state index in [9.17, 15) is 18.3 Å². The van der Waals surface area contributed by atoms with Gasteiger partial charge in [-0.15, -0.1) is 0 Å². The molecule has 0 aliphatic rings. The summed E-state index contributed by atoms with van der Waals surface area (Å²) in [5.41, 5.74) is -0.0802. The second-order valence-electron chi connectivity index (χ2n) is 4.42. The Hall–Kier alpha value is -1.11. The van der Waals surface area contributed by atoms with E-state index in [4.69, 9.17) is 11.6 Å². The molecule has 1 unspecified atom stereocenters. The Morgan fingerprint density at radius 2 is 1.95 bits per heavy atom. The number of halogens is 5. The number of alkyl halides is 3. The highest BCUT2D eigenvalue weighted by Crippen LogP contribution is 2.32. The predicted molar refractivity (Wildman–Crippen MR) is 77.1 cm³/mol. The van der Waals surface area contributed by atoms with Crippen LogP contribution in [0.3, 0.4) is 0 Å². The first-order valence-corrected chi connectivity index (χ1v) is 7.10. The van der Waals surface area contributed by atoms with Gasteiger partial charge in [0.15, 0.2) is 0 Å². The molecule has 0 bridgehead atoms. The fourth-order valence-electron chi connectivity index (χ4n) is 1.85. The largest absolute Gasteiger partial charge is 0.433 e. The van der Waals surface area contributed by atoms with Crippen LogP contribution in [-0.2, 0) is 12.6 Å². The van der Waals surface area contributed by atoms with Gasteiger partial charge in [-0.05, 0) is 23.8 Å². The van der Waals surface area contributed by atoms with Crippen LogP contribution in [0.5, 0.6) is 0 Å². The molecule has 0 radical (unpaired) electrons. The summed E-state index contributed by atoms with van der Waals surface area (Å²) in [6.07, 6.45) is -5.36. The molecule has 1 aromatic heterocycles. The van der Waals surface area contributed by atoms with E-state index in [0.717, 1.165) is 22.2 Å². The molecule has 7 heteroatoms. The molecule has 0 saturated carbocycles. The maximum absolute atomic E-state index is 12.5. The molecule has 0 aliphatic heterocycles. The van der Waals surface area contributed by atoms with Gasteiger partial charge < -0.3 is 5.11 Å². The third-order valence-corrected chi connectivity index (χ3v) is 3.64. The van der Waals surface area contributed by atoms with E-state index >= 15 is 0 Å². The molecule has 2 aromatic rings. The molecule has 0 spiro atoms. The van der Waals surface area contributed by atoms with Crippen molar-refractivity contribution >= 4 is 27.5 Å². The predicted octanol–water partition coefficient (Wildman–Crippen LogP) is 4.79. The molecule has 1 N–H and O–H groups in total. The van der Waals surface area contributed by atoms with E-state index < -0.39 is 18.0 Å². The van der Waals surface area contributed by atoms with Gasteiger partial charge in [-0.3, -0.25) is 0 Å². The van der Waals surface area contributed by atoms with Crippen LogP contribution >= 0.6 is 27.5 Å². The normalized spacial score (nSPS) is 13.2. The van der Waals surface area contributed by atoms with Crippen LogP contribution in [-0.4, -0.2) is 10.1 Å². The fraction of sp³-hybridized carbons (Fsp3) is 0.214. The lowest BCUT2D eigenvalue weighted by Gasteiger charge is -2.14. The van der Waals surface area contributed by atoms with Crippen LogP contribution in [0, 0.1) is 0 Å². The summed E-state index contributed by atoms with van der Waals surface area (Å²) in [7, 11) is 0. The first-order chi connectivity index (χ1) is 9.77. The minimum Gasteiger partial charge on any atom is -0.388 e. The average molecular weight is 381 g/mol. The lowest BCUT2D eigenvalue weighted by atomic mass is 10.0. The zero-order chi connectivity index (χ0) is 15.6. The Morgan fingerprint density at radius 3 is 2.52 bits per heavy atom. The third kappa shape index (κ3) is 4.18. The van der Waals surface area contributed by atoms with Crippen LogP contribution < -0.4 is 0 Å². The monoisotopic (exact) mass is 379 g/mol. The fourth-order valence-corrected chi connectivity index (χ4v) is 2.58. The van der Waals surface area contributed by atoms with Crippen LogP contribution in [0.4, 0.5) is 13.2 Å². The number of aromatic nitrogens is 1. The Bertz CT molecular complexity index is 648. The summed E-state index contributed by atoms with van der Waals surface area (Å²) < 4.78 is 38.4. The minimum absolute atomic E-state index is 0.171. The quantitative estimate of drug-likeness (QED) is 0.777. The van der Waals surface area contributed by atoms with Gasteiger partial charge in [0.2, 0.25) is 0 Å². The summed E-state index contributed by atoms with van der Waals surface area (Å²) in [4.78, 5) is 3.30. The molecule has 0 aliphatic carbocycles. The van der Waals surface area contributed by atoms with Crippen molar-refractivity contribution in [3.8, 4) is 0 Å². The molecule has 0 fully saturated rings. The summed E-state index contributed by atoms with van der Waals surface area (Å²) in [5, 5.41) is 9.78. The molecule has 112 valence electrons. The highest BCUT2D eigenvalue weighted by molar-refractivity contribution is 9.10. The number of hydrogen-bond donors (Lipinski definition) is 1. The number of pyridine rings is 1. The smallest absolute Gasteiger partial charge is 0.388 e. The first-order valence-electron chi connectivity index (χ1n) is 5.93. The number of aliphatic hydroxyl groups excluding tert-OH is 1. The summed E-state index contributed by atoms with van der Waals surface area (Å²) in [5.74, 6) is 0. The van der Waals surface area contributed by atoms with Gasteiger partial charge in [0, 0.05) is 16.5 Å². The Morgan fingerprint density at radius 1 is 1.24 bits per heavy atom. The molecular weight excluding hydrogens is 371 g/mol. The molecule has 0 saturated heterocycles. The molecule has 2 nitrogen and oxygen atoms in total. The molecule has 1 atom stereocenters. The van der Waals surface area contributed by atoms with Crippen molar-refractivity contribution in [3.63, 3.8) is 0 Å². The van der Waals surface area contributed by atoms with E-state index in [0.29, 0.717) is 0 Å². The van der Waals surface area contributed by atoms with Crippen molar-refractivity contribution in [3.05, 3.63) is 62.8 Å². The maximum Gasteiger partial charge on any atom is 0.433 e. The Balaban J connectivity index is 2.22. The Labute approximate surface area is 132 Å². The molecule has 1 heterocycles. The zero-order valence-corrected chi connectivity index (χ0v) is 12.9. The standard InChI is InChI=1S/C14H10BrClF3NO/c15-9-3-1-2-8(6-9)7-11(21)10-4-5-12(14(17,18)19)20-13(10)16/h1-6,11,21H,7H2. The van der Waals surface area contributed by atoms with E-state index in [1.165, 1.54) is 0 Å². The van der Waals surface area contributed by atoms with Crippen LogP contribution in [0.15, 0.2) is 40.9 Å². The summed E-state index contributed by atoms with van der Waals surface area (Å²) in [6, 6.07) is 9.22. The van der Waals surface area contributed by atoms with Gasteiger partial charge in [0.1, 0.15) is 10.8 Å². The van der Waals surface area contributed by atoms with Crippen molar-refractivity contribution in [2.45, 2.75) is 18.7 Å². The van der Waals surface area contributed by atoms with E-state index in [1.54, 1.807) is 12.1 Å². The maximum atomic E-state index is 12.5. The van der Waals surface area contributed by atoms with Gasteiger partial charge in [-0.2, -0.15) is 13.2 Å². The topological polar surface area (TPSA) is 33.1 Å². The molecule has 2 rings (SSSR count). The molecule has 0 amide bonds. The number of hydrogen-bond acceptors (Lipinski definition) is 2. The number of nitrogens with zero attached hydrogens (tertiary/aromatic N) is 1. The second-order valence-corrected chi connectivity index (χ2v) is 5.70. The van der Waals surface area contributed by atoms with Crippen LogP contribution in [0.2, 0.25) is 5.15 Å². The van der Waals surface area contributed by atoms with Gasteiger partial charge >= 0.3 is 6.18 Å². The lowest BCUT2D eigenvalue weighted by Crippen LogP contribution is -2.10. The van der Waals surface area contributed by atoms with Crippen molar-refractivity contribution in [1.82, 2.24) is 4.98 Å². The van der Waals surface area contributed by atoms with E-state index in [-0.39, 0.29) is 17.1 Å². The first kappa shape index (κ1) is 16.3. The number of rotatable bonds is 3. The van der Waals surface area contributed by atoms with Gasteiger partial charge in [-0.25, -0.2) is 4.98 Å². The van der Waals surface area contributed by atoms with Crippen LogP contribution in [0.1, 0.15) is 22.9 Å². The highest BCUT2D eigenvalue weighted by Gasteiger charge is 2.33. The Kier molecular flexibility index (Phi) is 4.91. The summed E-state index contributed by atoms with van der Waals surface area (Å²) >= 11 is 9.06. The average Bonchev–Trinajstić information content (AvgIpc) is 2.37. The van der Waals surface area contributed by atoms with Crippen molar-refractivity contribution in [1.29, 1.82) is 0 Å². The highest BCUT2D eigenvalue weighted by atomic mass is 79.9. The van der Waals surface area contributed by atoms with Crippen LogP contribution in [0.25, 0.3) is 0 Å². The van der Waals surface area contributed by atoms with E-state index in [2.05, 4.69) is 20.9 Å².